The quantitative estimate of drug-likeness (QED) is 0.616. The highest BCUT2D eigenvalue weighted by molar-refractivity contribution is 6.09. The number of hydrogen-bond donors (Lipinski definition) is 3. The summed E-state index contributed by atoms with van der Waals surface area (Å²) < 4.78 is 0. The summed E-state index contributed by atoms with van der Waals surface area (Å²) in [5, 5.41) is 5.85. The first-order valence-electron chi connectivity index (χ1n) is 10.3. The van der Waals surface area contributed by atoms with Crippen LogP contribution in [0, 0.1) is 11.3 Å². The van der Waals surface area contributed by atoms with Crippen LogP contribution in [0.1, 0.15) is 72.1 Å². The molecule has 3 rings (SSSR count). The van der Waals surface area contributed by atoms with Crippen LogP contribution in [0.25, 0.3) is 0 Å². The van der Waals surface area contributed by atoms with Crippen LogP contribution in [-0.2, 0) is 9.59 Å². The molecule has 0 aromatic heterocycles. The van der Waals surface area contributed by atoms with E-state index < -0.39 is 11.6 Å². The molecular weight excluding hydrogens is 380 g/mol. The molecule has 0 radical (unpaired) electrons. The van der Waals surface area contributed by atoms with Crippen LogP contribution in [0.5, 0.6) is 0 Å². The third kappa shape index (κ3) is 4.79. The molecule has 7 nitrogen and oxygen atoms in total. The lowest BCUT2D eigenvalue weighted by atomic mass is 9.67. The van der Waals surface area contributed by atoms with E-state index >= 15 is 0 Å². The number of amides is 4. The van der Waals surface area contributed by atoms with E-state index in [-0.39, 0.29) is 48.3 Å². The molecule has 1 aliphatic heterocycles. The topological polar surface area (TPSA) is 105 Å². The highest BCUT2D eigenvalue weighted by Crippen LogP contribution is 2.43. The first-order valence-corrected chi connectivity index (χ1v) is 10.3. The van der Waals surface area contributed by atoms with Gasteiger partial charge in [0.25, 0.3) is 5.91 Å². The highest BCUT2D eigenvalue weighted by Gasteiger charge is 2.53. The van der Waals surface area contributed by atoms with Crippen molar-refractivity contribution in [3.05, 3.63) is 0 Å². The Hall–Kier alpha value is -1.34. The lowest BCUT2D eigenvalue weighted by molar-refractivity contribution is -0.136. The molecule has 3 fully saturated rings. The van der Waals surface area contributed by atoms with Crippen molar-refractivity contribution in [2.45, 2.75) is 89.8 Å². The van der Waals surface area contributed by atoms with Gasteiger partial charge in [0.2, 0.25) is 5.91 Å². The maximum Gasteiger partial charge on any atom is 0.325 e. The Morgan fingerprint density at radius 2 is 1.71 bits per heavy atom. The molecule has 160 valence electrons. The number of rotatable bonds is 3. The van der Waals surface area contributed by atoms with Crippen LogP contribution in [0.4, 0.5) is 4.79 Å². The molecule has 2 aliphatic carbocycles. The van der Waals surface area contributed by atoms with Gasteiger partial charge in [-0.1, -0.05) is 20.8 Å². The molecule has 1 heterocycles. The third-order valence-electron chi connectivity index (χ3n) is 6.75. The summed E-state index contributed by atoms with van der Waals surface area (Å²) in [6, 6.07) is -0.128. The smallest absolute Gasteiger partial charge is 0.325 e. The summed E-state index contributed by atoms with van der Waals surface area (Å²) in [5.74, 6) is 0.0444. The van der Waals surface area contributed by atoms with E-state index in [2.05, 4.69) is 31.4 Å². The standard InChI is InChI=1S/C20H34N4O3.ClH/c1-19(2,3)13-8-10-20(11-9-13)17(26)24(18(27)23-20)12-16(25)22-15-6-4-14(21)5-7-15;/h13-15H,4-12,21H2,1-3H3,(H,22,25)(H,23,27);1H. The molecule has 2 saturated carbocycles. The van der Waals surface area contributed by atoms with Crippen molar-refractivity contribution in [3.8, 4) is 0 Å². The van der Waals surface area contributed by atoms with Gasteiger partial charge in [-0.2, -0.15) is 0 Å². The lowest BCUT2D eigenvalue weighted by Gasteiger charge is -2.40. The average Bonchev–Trinajstić information content (AvgIpc) is 2.81. The number of urea groups is 1. The molecule has 1 saturated heterocycles. The van der Waals surface area contributed by atoms with Gasteiger partial charge in [0.05, 0.1) is 0 Å². The van der Waals surface area contributed by atoms with Gasteiger partial charge in [0.1, 0.15) is 12.1 Å². The van der Waals surface area contributed by atoms with E-state index in [4.69, 9.17) is 5.73 Å². The zero-order valence-corrected chi connectivity index (χ0v) is 18.1. The monoisotopic (exact) mass is 414 g/mol. The van der Waals surface area contributed by atoms with Gasteiger partial charge >= 0.3 is 6.03 Å². The molecule has 0 atom stereocenters. The molecule has 4 amide bonds. The second kappa shape index (κ2) is 8.57. The molecule has 1 spiro atoms. The molecule has 0 aromatic rings. The fourth-order valence-electron chi connectivity index (χ4n) is 4.82. The van der Waals surface area contributed by atoms with Crippen molar-refractivity contribution in [2.75, 3.05) is 6.54 Å². The molecule has 0 aromatic carbocycles. The fourth-order valence-corrected chi connectivity index (χ4v) is 4.82. The first kappa shape index (κ1) is 22.9. The summed E-state index contributed by atoms with van der Waals surface area (Å²) in [7, 11) is 0. The van der Waals surface area contributed by atoms with Crippen molar-refractivity contribution in [1.82, 2.24) is 15.5 Å². The van der Waals surface area contributed by atoms with Crippen LogP contribution in [0.3, 0.4) is 0 Å². The fraction of sp³-hybridized carbons (Fsp3) is 0.850. The summed E-state index contributed by atoms with van der Waals surface area (Å²) in [4.78, 5) is 38.8. The van der Waals surface area contributed by atoms with Gasteiger partial charge in [-0.25, -0.2) is 4.79 Å². The minimum absolute atomic E-state index is 0. The number of nitrogens with one attached hydrogen (secondary N) is 2. The predicted octanol–water partition coefficient (Wildman–Crippen LogP) is 2.32. The molecule has 3 aliphatic rings. The van der Waals surface area contributed by atoms with Crippen molar-refractivity contribution < 1.29 is 14.4 Å². The van der Waals surface area contributed by atoms with Crippen molar-refractivity contribution in [2.24, 2.45) is 17.1 Å². The molecular formula is C20H35ClN4O3. The van der Waals surface area contributed by atoms with Crippen molar-refractivity contribution >= 4 is 30.3 Å². The first-order chi connectivity index (χ1) is 12.6. The van der Waals surface area contributed by atoms with Crippen LogP contribution in [0.2, 0.25) is 0 Å². The van der Waals surface area contributed by atoms with Crippen LogP contribution >= 0.6 is 12.4 Å². The Bertz CT molecular complexity index is 603. The van der Waals surface area contributed by atoms with Crippen molar-refractivity contribution in [1.29, 1.82) is 0 Å². The zero-order chi connectivity index (χ0) is 19.8. The van der Waals surface area contributed by atoms with Crippen LogP contribution in [0.15, 0.2) is 0 Å². The Kier molecular flexibility index (Phi) is 7.03. The second-order valence-electron chi connectivity index (χ2n) is 9.72. The number of nitrogens with zero attached hydrogens (tertiary/aromatic N) is 1. The highest BCUT2D eigenvalue weighted by atomic mass is 35.5. The van der Waals surface area contributed by atoms with Gasteiger partial charge in [-0.15, -0.1) is 12.4 Å². The minimum atomic E-state index is -0.809. The molecule has 0 bridgehead atoms. The number of carbonyl (C=O) groups is 3. The van der Waals surface area contributed by atoms with E-state index in [1.165, 1.54) is 0 Å². The third-order valence-corrected chi connectivity index (χ3v) is 6.75. The van der Waals surface area contributed by atoms with E-state index in [1.54, 1.807) is 0 Å². The Morgan fingerprint density at radius 3 is 2.25 bits per heavy atom. The number of nitrogens with two attached hydrogens (primary N) is 1. The van der Waals surface area contributed by atoms with Crippen molar-refractivity contribution in [3.63, 3.8) is 0 Å². The van der Waals surface area contributed by atoms with E-state index in [1.807, 2.05) is 0 Å². The Morgan fingerprint density at radius 1 is 1.14 bits per heavy atom. The zero-order valence-electron chi connectivity index (χ0n) is 17.3. The maximum absolute atomic E-state index is 13.0. The number of carbonyl (C=O) groups excluding carboxylic acids is 3. The number of hydrogen-bond acceptors (Lipinski definition) is 4. The minimum Gasteiger partial charge on any atom is -0.352 e. The number of halogens is 1. The van der Waals surface area contributed by atoms with Gasteiger partial charge < -0.3 is 16.4 Å². The molecule has 4 N–H and O–H groups in total. The van der Waals surface area contributed by atoms with Crippen LogP contribution < -0.4 is 16.4 Å². The average molecular weight is 415 g/mol. The summed E-state index contributed by atoms with van der Waals surface area (Å²) in [5.41, 5.74) is 5.29. The lowest BCUT2D eigenvalue weighted by Crippen LogP contribution is -2.51. The van der Waals surface area contributed by atoms with Crippen LogP contribution in [-0.4, -0.2) is 46.9 Å². The normalized spacial score (nSPS) is 33.4. The van der Waals surface area contributed by atoms with Gasteiger partial charge in [-0.05, 0) is 62.7 Å². The molecule has 8 heteroatoms. The van der Waals surface area contributed by atoms with E-state index in [0.717, 1.165) is 43.4 Å². The molecule has 28 heavy (non-hydrogen) atoms. The predicted molar refractivity (Wildman–Crippen MR) is 110 cm³/mol. The summed E-state index contributed by atoms with van der Waals surface area (Å²) in [6.07, 6.45) is 6.63. The number of imide groups is 1. The van der Waals surface area contributed by atoms with Gasteiger partial charge in [-0.3, -0.25) is 14.5 Å². The molecule has 0 unspecified atom stereocenters. The van der Waals surface area contributed by atoms with Gasteiger partial charge in [0.15, 0.2) is 0 Å². The van der Waals surface area contributed by atoms with Gasteiger partial charge in [0, 0.05) is 12.1 Å². The SMILES string of the molecule is CC(C)(C)C1CCC2(CC1)NC(=O)N(CC(=O)NC1CCC(N)CC1)C2=O.Cl. The summed E-state index contributed by atoms with van der Waals surface area (Å²) in [6.45, 7) is 6.47. The van der Waals surface area contributed by atoms with E-state index in [0.29, 0.717) is 18.8 Å². The summed E-state index contributed by atoms with van der Waals surface area (Å²) >= 11 is 0. The Labute approximate surface area is 173 Å². The largest absolute Gasteiger partial charge is 0.352 e. The second-order valence-corrected chi connectivity index (χ2v) is 9.72. The maximum atomic E-state index is 13.0. The van der Waals surface area contributed by atoms with E-state index in [9.17, 15) is 14.4 Å². The Balaban J connectivity index is 0.00000280.